The molecule has 1 rings (SSSR count). The van der Waals surface area contributed by atoms with Gasteiger partial charge in [-0.3, -0.25) is 4.39 Å². The first-order chi connectivity index (χ1) is 8.26. The number of ether oxygens (including phenoxy) is 1. The summed E-state index contributed by atoms with van der Waals surface area (Å²) in [6.07, 6.45) is 0.847. The number of rotatable bonds is 5. The van der Waals surface area contributed by atoms with Gasteiger partial charge in [0.2, 0.25) is 0 Å². The zero-order valence-corrected chi connectivity index (χ0v) is 10.1. The van der Waals surface area contributed by atoms with Gasteiger partial charge in [-0.05, 0) is 12.1 Å². The standard InChI is InChI=1S/C13H13ClF2O/c14-5-2-1-4-11-8-12(16)10-13(9-11)17-7-3-6-15/h8-10H,2-3,5-7H2. The molecule has 92 valence electrons. The molecule has 1 aromatic rings. The van der Waals surface area contributed by atoms with Gasteiger partial charge in [0.05, 0.1) is 13.3 Å². The zero-order chi connectivity index (χ0) is 12.5. The molecule has 0 unspecified atom stereocenters. The van der Waals surface area contributed by atoms with Gasteiger partial charge in [0.1, 0.15) is 11.6 Å². The van der Waals surface area contributed by atoms with Gasteiger partial charge in [-0.25, -0.2) is 4.39 Å². The Morgan fingerprint density at radius 3 is 2.82 bits per heavy atom. The van der Waals surface area contributed by atoms with Crippen LogP contribution in [0.1, 0.15) is 18.4 Å². The van der Waals surface area contributed by atoms with E-state index in [0.717, 1.165) is 0 Å². The maximum Gasteiger partial charge on any atom is 0.128 e. The normalized spacial score (nSPS) is 9.59. The molecule has 0 aliphatic rings. The minimum absolute atomic E-state index is 0.231. The average Bonchev–Trinajstić information content (AvgIpc) is 2.29. The lowest BCUT2D eigenvalue weighted by Gasteiger charge is -2.05. The molecule has 0 aromatic heterocycles. The molecule has 0 fully saturated rings. The molecule has 0 aliphatic heterocycles. The summed E-state index contributed by atoms with van der Waals surface area (Å²) in [6.45, 7) is -0.216. The molecule has 0 atom stereocenters. The highest BCUT2D eigenvalue weighted by atomic mass is 35.5. The van der Waals surface area contributed by atoms with E-state index >= 15 is 0 Å². The van der Waals surface area contributed by atoms with Crippen molar-refractivity contribution in [2.45, 2.75) is 12.8 Å². The van der Waals surface area contributed by atoms with Crippen LogP contribution in [0.15, 0.2) is 18.2 Å². The third kappa shape index (κ3) is 5.55. The SMILES string of the molecule is FCCCOc1cc(F)cc(C#CCCCl)c1. The summed E-state index contributed by atoms with van der Waals surface area (Å²) in [6, 6.07) is 4.21. The van der Waals surface area contributed by atoms with Gasteiger partial charge in [0, 0.05) is 30.4 Å². The minimum Gasteiger partial charge on any atom is -0.493 e. The number of hydrogen-bond acceptors (Lipinski definition) is 1. The molecular formula is C13H13ClF2O. The van der Waals surface area contributed by atoms with Crippen LogP contribution in [-0.4, -0.2) is 19.2 Å². The smallest absolute Gasteiger partial charge is 0.128 e. The van der Waals surface area contributed by atoms with Gasteiger partial charge in [-0.2, -0.15) is 0 Å². The lowest BCUT2D eigenvalue weighted by Crippen LogP contribution is -1.98. The van der Waals surface area contributed by atoms with Gasteiger partial charge in [0.15, 0.2) is 0 Å². The molecule has 0 bridgehead atoms. The Morgan fingerprint density at radius 2 is 2.12 bits per heavy atom. The lowest BCUT2D eigenvalue weighted by molar-refractivity contribution is 0.288. The van der Waals surface area contributed by atoms with Crippen molar-refractivity contribution in [1.82, 2.24) is 0 Å². The summed E-state index contributed by atoms with van der Waals surface area (Å²) in [5, 5.41) is 0. The van der Waals surface area contributed by atoms with Crippen LogP contribution in [0.4, 0.5) is 8.78 Å². The zero-order valence-electron chi connectivity index (χ0n) is 9.31. The van der Waals surface area contributed by atoms with Crippen LogP contribution < -0.4 is 4.74 Å². The van der Waals surface area contributed by atoms with Crippen molar-refractivity contribution in [3.05, 3.63) is 29.6 Å². The summed E-state index contributed by atoms with van der Waals surface area (Å²) in [4.78, 5) is 0. The molecular weight excluding hydrogens is 246 g/mol. The molecule has 17 heavy (non-hydrogen) atoms. The average molecular weight is 259 g/mol. The van der Waals surface area contributed by atoms with E-state index in [1.165, 1.54) is 12.1 Å². The number of benzene rings is 1. The fourth-order valence-corrected chi connectivity index (χ4v) is 1.27. The second-order valence-corrected chi connectivity index (χ2v) is 3.69. The maximum atomic E-state index is 13.2. The fourth-order valence-electron chi connectivity index (χ4n) is 1.17. The molecule has 1 aromatic carbocycles. The maximum absolute atomic E-state index is 13.2. The van der Waals surface area contributed by atoms with E-state index in [4.69, 9.17) is 16.3 Å². The van der Waals surface area contributed by atoms with Gasteiger partial charge in [-0.15, -0.1) is 11.6 Å². The summed E-state index contributed by atoms with van der Waals surface area (Å²) in [5.41, 5.74) is 0.533. The van der Waals surface area contributed by atoms with Gasteiger partial charge in [-0.1, -0.05) is 11.8 Å². The Hall–Kier alpha value is -1.27. The van der Waals surface area contributed by atoms with Gasteiger partial charge >= 0.3 is 0 Å². The quantitative estimate of drug-likeness (QED) is 0.446. The fraction of sp³-hybridized carbons (Fsp3) is 0.385. The van der Waals surface area contributed by atoms with E-state index < -0.39 is 12.5 Å². The van der Waals surface area contributed by atoms with Crippen LogP contribution in [0.5, 0.6) is 5.75 Å². The molecule has 0 aliphatic carbocycles. The molecule has 1 nitrogen and oxygen atoms in total. The largest absolute Gasteiger partial charge is 0.493 e. The van der Waals surface area contributed by atoms with Crippen molar-refractivity contribution in [1.29, 1.82) is 0 Å². The number of alkyl halides is 2. The van der Waals surface area contributed by atoms with Crippen LogP contribution >= 0.6 is 11.6 Å². The van der Waals surface area contributed by atoms with E-state index in [1.54, 1.807) is 6.07 Å². The summed E-state index contributed by atoms with van der Waals surface area (Å²) in [5.74, 6) is 5.99. The molecule has 4 heteroatoms. The van der Waals surface area contributed by atoms with Crippen LogP contribution in [0.3, 0.4) is 0 Å². The molecule has 0 saturated carbocycles. The Morgan fingerprint density at radius 1 is 1.29 bits per heavy atom. The van der Waals surface area contributed by atoms with Crippen LogP contribution in [0.25, 0.3) is 0 Å². The molecule has 0 heterocycles. The lowest BCUT2D eigenvalue weighted by atomic mass is 10.2. The van der Waals surface area contributed by atoms with Crippen molar-refractivity contribution >= 4 is 11.6 Å². The van der Waals surface area contributed by atoms with Crippen LogP contribution in [0.2, 0.25) is 0 Å². The monoisotopic (exact) mass is 258 g/mol. The van der Waals surface area contributed by atoms with Crippen molar-refractivity contribution in [2.75, 3.05) is 19.2 Å². The highest BCUT2D eigenvalue weighted by Crippen LogP contribution is 2.16. The summed E-state index contributed by atoms with van der Waals surface area (Å²) >= 11 is 5.48. The van der Waals surface area contributed by atoms with E-state index in [9.17, 15) is 8.78 Å². The first-order valence-corrected chi connectivity index (χ1v) is 5.84. The Bertz CT molecular complexity index is 410. The summed E-state index contributed by atoms with van der Waals surface area (Å²) in [7, 11) is 0. The van der Waals surface area contributed by atoms with E-state index in [0.29, 0.717) is 30.0 Å². The Kier molecular flexibility index (Phi) is 6.42. The van der Waals surface area contributed by atoms with Crippen LogP contribution in [0, 0.1) is 17.7 Å². The summed E-state index contributed by atoms with van der Waals surface area (Å²) < 4.78 is 30.3. The van der Waals surface area contributed by atoms with Crippen LogP contribution in [-0.2, 0) is 0 Å². The highest BCUT2D eigenvalue weighted by molar-refractivity contribution is 6.18. The van der Waals surface area contributed by atoms with Crippen molar-refractivity contribution in [3.8, 4) is 17.6 Å². The van der Waals surface area contributed by atoms with Crippen molar-refractivity contribution in [3.63, 3.8) is 0 Å². The van der Waals surface area contributed by atoms with Crippen molar-refractivity contribution < 1.29 is 13.5 Å². The third-order valence-electron chi connectivity index (χ3n) is 1.87. The van der Waals surface area contributed by atoms with E-state index in [2.05, 4.69) is 11.8 Å². The second-order valence-electron chi connectivity index (χ2n) is 3.31. The molecule has 0 N–H and O–H groups in total. The number of halogens is 3. The molecule has 0 amide bonds. The minimum atomic E-state index is -0.447. The molecule has 0 saturated heterocycles. The Labute approximate surface area is 105 Å². The van der Waals surface area contributed by atoms with E-state index in [-0.39, 0.29) is 6.61 Å². The Balaban J connectivity index is 2.69. The molecule has 0 radical (unpaired) electrons. The first-order valence-electron chi connectivity index (χ1n) is 5.30. The second kappa shape index (κ2) is 7.92. The predicted octanol–water partition coefficient (Wildman–Crippen LogP) is 3.54. The topological polar surface area (TPSA) is 9.23 Å². The number of hydrogen-bond donors (Lipinski definition) is 0. The van der Waals surface area contributed by atoms with E-state index in [1.807, 2.05) is 0 Å². The van der Waals surface area contributed by atoms with Crippen molar-refractivity contribution in [2.24, 2.45) is 0 Å². The van der Waals surface area contributed by atoms with Gasteiger partial charge in [0.25, 0.3) is 0 Å². The van der Waals surface area contributed by atoms with Gasteiger partial charge < -0.3 is 4.74 Å². The predicted molar refractivity (Wildman–Crippen MR) is 64.7 cm³/mol. The first kappa shape index (κ1) is 13.8. The molecule has 0 spiro atoms. The highest BCUT2D eigenvalue weighted by Gasteiger charge is 2.00. The third-order valence-corrected chi connectivity index (χ3v) is 2.06.